The molecule has 0 bridgehead atoms. The van der Waals surface area contributed by atoms with E-state index >= 15 is 0 Å². The Morgan fingerprint density at radius 2 is 2.00 bits per heavy atom. The molecule has 104 valence electrons. The SMILES string of the molecule is CCOC(=O)c1[nH]c(C=O)c(C(=O)CC(C)C)c1C. The normalized spacial score (nSPS) is 10.6. The number of rotatable bonds is 6. The minimum atomic E-state index is -0.549. The molecule has 0 radical (unpaired) electrons. The zero-order chi connectivity index (χ0) is 14.6. The van der Waals surface area contributed by atoms with E-state index in [1.807, 2.05) is 13.8 Å². The monoisotopic (exact) mass is 265 g/mol. The number of aldehydes is 1. The van der Waals surface area contributed by atoms with Gasteiger partial charge >= 0.3 is 5.97 Å². The summed E-state index contributed by atoms with van der Waals surface area (Å²) >= 11 is 0. The van der Waals surface area contributed by atoms with Crippen LogP contribution in [0.25, 0.3) is 0 Å². The maximum absolute atomic E-state index is 12.1. The van der Waals surface area contributed by atoms with Gasteiger partial charge in [-0.15, -0.1) is 0 Å². The van der Waals surface area contributed by atoms with Crippen LogP contribution in [0.3, 0.4) is 0 Å². The van der Waals surface area contributed by atoms with Crippen molar-refractivity contribution >= 4 is 18.0 Å². The predicted molar refractivity (Wildman–Crippen MR) is 70.7 cm³/mol. The fraction of sp³-hybridized carbons (Fsp3) is 0.500. The molecule has 1 N–H and O–H groups in total. The number of nitrogens with one attached hydrogen (secondary N) is 1. The number of aromatic amines is 1. The van der Waals surface area contributed by atoms with Crippen molar-refractivity contribution in [3.05, 3.63) is 22.5 Å². The van der Waals surface area contributed by atoms with E-state index in [1.54, 1.807) is 13.8 Å². The van der Waals surface area contributed by atoms with Crippen LogP contribution < -0.4 is 0 Å². The van der Waals surface area contributed by atoms with E-state index in [0.717, 1.165) is 0 Å². The molecule has 0 aliphatic carbocycles. The molecule has 1 rings (SSSR count). The highest BCUT2D eigenvalue weighted by Crippen LogP contribution is 2.21. The number of hydrogen-bond acceptors (Lipinski definition) is 4. The molecule has 0 amide bonds. The van der Waals surface area contributed by atoms with Crippen LogP contribution >= 0.6 is 0 Å². The van der Waals surface area contributed by atoms with Gasteiger partial charge in [-0.25, -0.2) is 4.79 Å². The first kappa shape index (κ1) is 15.1. The van der Waals surface area contributed by atoms with Crippen LogP contribution in [0.2, 0.25) is 0 Å². The smallest absolute Gasteiger partial charge is 0.355 e. The van der Waals surface area contributed by atoms with E-state index in [9.17, 15) is 14.4 Å². The van der Waals surface area contributed by atoms with Crippen LogP contribution in [0, 0.1) is 12.8 Å². The van der Waals surface area contributed by atoms with Gasteiger partial charge < -0.3 is 9.72 Å². The average Bonchev–Trinajstić information content (AvgIpc) is 2.65. The lowest BCUT2D eigenvalue weighted by Crippen LogP contribution is -2.08. The minimum Gasteiger partial charge on any atom is -0.461 e. The van der Waals surface area contributed by atoms with Gasteiger partial charge in [-0.3, -0.25) is 9.59 Å². The van der Waals surface area contributed by atoms with Crippen molar-refractivity contribution in [1.82, 2.24) is 4.98 Å². The van der Waals surface area contributed by atoms with E-state index in [4.69, 9.17) is 4.74 Å². The first-order valence-electron chi connectivity index (χ1n) is 6.30. The Bertz CT molecular complexity index is 500. The topological polar surface area (TPSA) is 76.2 Å². The fourth-order valence-corrected chi connectivity index (χ4v) is 1.95. The molecule has 0 atom stereocenters. The number of Topliss-reactive ketones (excluding diaryl/α,β-unsaturated/α-hetero) is 1. The molecule has 5 nitrogen and oxygen atoms in total. The van der Waals surface area contributed by atoms with Crippen LogP contribution in [0.15, 0.2) is 0 Å². The summed E-state index contributed by atoms with van der Waals surface area (Å²) in [5.41, 5.74) is 1.10. The molecule has 0 fully saturated rings. The van der Waals surface area contributed by atoms with Crippen LogP contribution in [-0.2, 0) is 4.74 Å². The molecular weight excluding hydrogens is 246 g/mol. The van der Waals surface area contributed by atoms with Gasteiger partial charge in [-0.1, -0.05) is 13.8 Å². The Kier molecular flexibility index (Phi) is 5.03. The number of ketones is 1. The molecule has 0 aliphatic heterocycles. The van der Waals surface area contributed by atoms with Gasteiger partial charge in [0.2, 0.25) is 0 Å². The first-order valence-corrected chi connectivity index (χ1v) is 6.30. The Morgan fingerprint density at radius 1 is 1.37 bits per heavy atom. The van der Waals surface area contributed by atoms with Crippen molar-refractivity contribution in [3.8, 4) is 0 Å². The van der Waals surface area contributed by atoms with E-state index in [2.05, 4.69) is 4.98 Å². The molecular formula is C14H19NO4. The second-order valence-corrected chi connectivity index (χ2v) is 4.77. The highest BCUT2D eigenvalue weighted by Gasteiger charge is 2.24. The molecule has 19 heavy (non-hydrogen) atoms. The van der Waals surface area contributed by atoms with Gasteiger partial charge in [0.05, 0.1) is 12.3 Å². The van der Waals surface area contributed by atoms with Gasteiger partial charge in [-0.2, -0.15) is 0 Å². The van der Waals surface area contributed by atoms with Crippen LogP contribution in [0.4, 0.5) is 0 Å². The van der Waals surface area contributed by atoms with Crippen molar-refractivity contribution in [2.45, 2.75) is 34.1 Å². The maximum Gasteiger partial charge on any atom is 0.355 e. The Morgan fingerprint density at radius 3 is 2.47 bits per heavy atom. The third kappa shape index (κ3) is 3.30. The molecule has 0 aliphatic rings. The Balaban J connectivity index is 3.21. The number of H-pyrrole nitrogens is 1. The standard InChI is InChI=1S/C14H19NO4/c1-5-19-14(18)13-9(4)12(10(7-16)15-13)11(17)6-8(2)3/h7-8,15H,5-6H2,1-4H3. The number of carbonyl (C=O) groups is 3. The summed E-state index contributed by atoms with van der Waals surface area (Å²) in [5.74, 6) is -0.500. The molecule has 0 saturated carbocycles. The van der Waals surface area contributed by atoms with Gasteiger partial charge in [0.1, 0.15) is 5.69 Å². The Hall–Kier alpha value is -1.91. The van der Waals surface area contributed by atoms with E-state index < -0.39 is 5.97 Å². The zero-order valence-corrected chi connectivity index (χ0v) is 11.7. The third-order valence-corrected chi connectivity index (χ3v) is 2.75. The van der Waals surface area contributed by atoms with Gasteiger partial charge in [-0.05, 0) is 25.3 Å². The molecule has 0 spiro atoms. The lowest BCUT2D eigenvalue weighted by molar-refractivity contribution is 0.0519. The summed E-state index contributed by atoms with van der Waals surface area (Å²) in [4.78, 5) is 37.5. The van der Waals surface area contributed by atoms with Gasteiger partial charge in [0.25, 0.3) is 0 Å². The largest absolute Gasteiger partial charge is 0.461 e. The molecule has 0 unspecified atom stereocenters. The van der Waals surface area contributed by atoms with Crippen molar-refractivity contribution < 1.29 is 19.1 Å². The molecule has 1 aromatic rings. The van der Waals surface area contributed by atoms with E-state index in [0.29, 0.717) is 23.8 Å². The van der Waals surface area contributed by atoms with Crippen LogP contribution in [-0.4, -0.2) is 29.6 Å². The lowest BCUT2D eigenvalue weighted by Gasteiger charge is -2.04. The number of hydrogen-bond donors (Lipinski definition) is 1. The predicted octanol–water partition coefficient (Wildman–Crippen LogP) is 2.54. The van der Waals surface area contributed by atoms with Crippen molar-refractivity contribution in [2.24, 2.45) is 5.92 Å². The molecule has 0 aromatic carbocycles. The van der Waals surface area contributed by atoms with E-state index in [-0.39, 0.29) is 29.7 Å². The van der Waals surface area contributed by atoms with Crippen molar-refractivity contribution in [1.29, 1.82) is 0 Å². The van der Waals surface area contributed by atoms with Gasteiger partial charge in [0.15, 0.2) is 12.1 Å². The van der Waals surface area contributed by atoms with Gasteiger partial charge in [0, 0.05) is 12.0 Å². The zero-order valence-electron chi connectivity index (χ0n) is 11.7. The van der Waals surface area contributed by atoms with Crippen LogP contribution in [0.5, 0.6) is 0 Å². The first-order chi connectivity index (χ1) is 8.92. The second-order valence-electron chi connectivity index (χ2n) is 4.77. The number of ether oxygens (including phenoxy) is 1. The summed E-state index contributed by atoms with van der Waals surface area (Å²) in [5, 5.41) is 0. The number of esters is 1. The maximum atomic E-state index is 12.1. The molecule has 1 aromatic heterocycles. The van der Waals surface area contributed by atoms with E-state index in [1.165, 1.54) is 0 Å². The summed E-state index contributed by atoms with van der Waals surface area (Å²) < 4.78 is 4.89. The fourth-order valence-electron chi connectivity index (χ4n) is 1.95. The van der Waals surface area contributed by atoms with Crippen LogP contribution in [0.1, 0.15) is 64.1 Å². The highest BCUT2D eigenvalue weighted by atomic mass is 16.5. The van der Waals surface area contributed by atoms with Crippen molar-refractivity contribution in [3.63, 3.8) is 0 Å². The molecule has 1 heterocycles. The number of aromatic nitrogens is 1. The quantitative estimate of drug-likeness (QED) is 0.487. The highest BCUT2D eigenvalue weighted by molar-refractivity contribution is 6.06. The lowest BCUT2D eigenvalue weighted by atomic mass is 9.98. The van der Waals surface area contributed by atoms with Crippen molar-refractivity contribution in [2.75, 3.05) is 6.61 Å². The second kappa shape index (κ2) is 6.31. The summed E-state index contributed by atoms with van der Waals surface area (Å²) in [6.45, 7) is 7.42. The molecule has 5 heteroatoms. The third-order valence-electron chi connectivity index (χ3n) is 2.75. The minimum absolute atomic E-state index is 0.138. The summed E-state index contributed by atoms with van der Waals surface area (Å²) in [6, 6.07) is 0. The summed E-state index contributed by atoms with van der Waals surface area (Å²) in [6.07, 6.45) is 0.894. The number of carbonyl (C=O) groups excluding carboxylic acids is 3. The average molecular weight is 265 g/mol. The summed E-state index contributed by atoms with van der Waals surface area (Å²) in [7, 11) is 0. The Labute approximate surface area is 112 Å². The molecule has 0 saturated heterocycles.